The van der Waals surface area contributed by atoms with Crippen molar-refractivity contribution in [1.29, 1.82) is 0 Å². The van der Waals surface area contributed by atoms with Crippen molar-refractivity contribution in [2.24, 2.45) is 0 Å². The third-order valence-electron chi connectivity index (χ3n) is 3.46. The number of thioether (sulfide) groups is 1. The molecule has 1 fully saturated rings. The first-order chi connectivity index (χ1) is 11.2. The van der Waals surface area contributed by atoms with Gasteiger partial charge in [0.2, 0.25) is 5.91 Å². The molecule has 7 heteroatoms. The Morgan fingerprint density at radius 1 is 1.39 bits per heavy atom. The standard InChI is InChI=1S/C16H17BrN4OS/c1-2-9-21-15(11-3-4-11)19-20-16(21)23-10-14(22)18-13-7-5-12(17)6-8-13/h2,5-8,11H,1,3-4,9-10H2,(H,18,22). The van der Waals surface area contributed by atoms with Crippen molar-refractivity contribution in [3.63, 3.8) is 0 Å². The van der Waals surface area contributed by atoms with E-state index in [1.165, 1.54) is 24.6 Å². The normalized spacial score (nSPS) is 13.8. The molecule has 0 radical (unpaired) electrons. The number of nitrogens with zero attached hydrogens (tertiary/aromatic N) is 3. The number of benzene rings is 1. The van der Waals surface area contributed by atoms with E-state index in [2.05, 4.69) is 42.6 Å². The molecule has 3 rings (SSSR count). The summed E-state index contributed by atoms with van der Waals surface area (Å²) in [4.78, 5) is 12.1. The number of allylic oxidation sites excluding steroid dienone is 1. The Morgan fingerprint density at radius 3 is 2.78 bits per heavy atom. The SMILES string of the molecule is C=CCn1c(SCC(=O)Nc2ccc(Br)cc2)nnc1C1CC1. The van der Waals surface area contributed by atoms with Crippen molar-refractivity contribution < 1.29 is 4.79 Å². The Hall–Kier alpha value is -1.60. The van der Waals surface area contributed by atoms with Gasteiger partial charge in [0.05, 0.1) is 5.75 Å². The molecule has 2 aromatic rings. The van der Waals surface area contributed by atoms with Gasteiger partial charge in [-0.2, -0.15) is 0 Å². The maximum atomic E-state index is 12.1. The fourth-order valence-corrected chi connectivity index (χ4v) is 3.23. The predicted octanol–water partition coefficient (Wildman–Crippen LogP) is 3.83. The van der Waals surface area contributed by atoms with E-state index in [4.69, 9.17) is 0 Å². The molecule has 120 valence electrons. The molecule has 1 heterocycles. The molecule has 1 N–H and O–H groups in total. The predicted molar refractivity (Wildman–Crippen MR) is 95.7 cm³/mol. The summed E-state index contributed by atoms with van der Waals surface area (Å²) in [6.45, 7) is 4.46. The second-order valence-corrected chi connectivity index (χ2v) is 7.22. The third-order valence-corrected chi connectivity index (χ3v) is 4.96. The fourth-order valence-electron chi connectivity index (χ4n) is 2.21. The first-order valence-corrected chi connectivity index (χ1v) is 9.17. The highest BCUT2D eigenvalue weighted by molar-refractivity contribution is 9.10. The summed E-state index contributed by atoms with van der Waals surface area (Å²) < 4.78 is 3.04. The Bertz CT molecular complexity index is 709. The molecular formula is C16H17BrN4OS. The van der Waals surface area contributed by atoms with Crippen LogP contribution in [0.3, 0.4) is 0 Å². The molecule has 1 amide bonds. The van der Waals surface area contributed by atoms with Crippen LogP contribution in [0.15, 0.2) is 46.5 Å². The van der Waals surface area contributed by atoms with Gasteiger partial charge in [0.1, 0.15) is 5.82 Å². The van der Waals surface area contributed by atoms with Crippen molar-refractivity contribution in [2.75, 3.05) is 11.1 Å². The molecule has 1 aliphatic carbocycles. The summed E-state index contributed by atoms with van der Waals surface area (Å²) >= 11 is 4.78. The van der Waals surface area contributed by atoms with Crippen molar-refractivity contribution >= 4 is 39.3 Å². The first-order valence-electron chi connectivity index (χ1n) is 7.39. The zero-order chi connectivity index (χ0) is 16.2. The van der Waals surface area contributed by atoms with E-state index in [9.17, 15) is 4.79 Å². The van der Waals surface area contributed by atoms with Gasteiger partial charge in [0.15, 0.2) is 5.16 Å². The quantitative estimate of drug-likeness (QED) is 0.574. The van der Waals surface area contributed by atoms with E-state index >= 15 is 0 Å². The van der Waals surface area contributed by atoms with E-state index < -0.39 is 0 Å². The molecule has 0 spiro atoms. The van der Waals surface area contributed by atoms with Crippen LogP contribution in [0.5, 0.6) is 0 Å². The molecule has 0 atom stereocenters. The van der Waals surface area contributed by atoms with Crippen molar-refractivity contribution in [2.45, 2.75) is 30.5 Å². The first kappa shape index (κ1) is 16.3. The number of hydrogen-bond acceptors (Lipinski definition) is 4. The second-order valence-electron chi connectivity index (χ2n) is 5.36. The molecule has 0 bridgehead atoms. The van der Waals surface area contributed by atoms with E-state index in [0.29, 0.717) is 18.2 Å². The number of nitrogens with one attached hydrogen (secondary N) is 1. The lowest BCUT2D eigenvalue weighted by atomic mass is 10.3. The Kier molecular flexibility index (Phi) is 5.17. The van der Waals surface area contributed by atoms with Gasteiger partial charge < -0.3 is 9.88 Å². The number of aromatic nitrogens is 3. The monoisotopic (exact) mass is 392 g/mol. The summed E-state index contributed by atoms with van der Waals surface area (Å²) in [6.07, 6.45) is 4.18. The van der Waals surface area contributed by atoms with Crippen LogP contribution in [0.1, 0.15) is 24.6 Å². The molecular weight excluding hydrogens is 376 g/mol. The number of hydrogen-bond donors (Lipinski definition) is 1. The van der Waals surface area contributed by atoms with Crippen LogP contribution in [0.4, 0.5) is 5.69 Å². The Labute approximate surface area is 147 Å². The van der Waals surface area contributed by atoms with Gasteiger partial charge in [0, 0.05) is 22.6 Å². The van der Waals surface area contributed by atoms with E-state index in [-0.39, 0.29) is 5.91 Å². The highest BCUT2D eigenvalue weighted by Gasteiger charge is 2.30. The number of anilines is 1. The maximum Gasteiger partial charge on any atom is 0.234 e. The lowest BCUT2D eigenvalue weighted by Crippen LogP contribution is -2.14. The average molecular weight is 393 g/mol. The fraction of sp³-hybridized carbons (Fsp3) is 0.312. The summed E-state index contributed by atoms with van der Waals surface area (Å²) in [6, 6.07) is 7.51. The summed E-state index contributed by atoms with van der Waals surface area (Å²) in [5.74, 6) is 1.78. The maximum absolute atomic E-state index is 12.1. The van der Waals surface area contributed by atoms with Crippen LogP contribution in [0, 0.1) is 0 Å². The van der Waals surface area contributed by atoms with Gasteiger partial charge >= 0.3 is 0 Å². The lowest BCUT2D eigenvalue weighted by molar-refractivity contribution is -0.113. The largest absolute Gasteiger partial charge is 0.325 e. The van der Waals surface area contributed by atoms with Crippen molar-refractivity contribution in [1.82, 2.24) is 14.8 Å². The molecule has 1 saturated carbocycles. The summed E-state index contributed by atoms with van der Waals surface area (Å²) in [5.41, 5.74) is 0.782. The molecule has 0 saturated heterocycles. The average Bonchev–Trinajstić information content (AvgIpc) is 3.30. The van der Waals surface area contributed by atoms with Crippen LogP contribution in [0.25, 0.3) is 0 Å². The molecule has 1 aromatic carbocycles. The highest BCUT2D eigenvalue weighted by Crippen LogP contribution is 2.40. The number of carbonyl (C=O) groups excluding carboxylic acids is 1. The Morgan fingerprint density at radius 2 is 2.13 bits per heavy atom. The topological polar surface area (TPSA) is 59.8 Å². The number of amides is 1. The zero-order valence-electron chi connectivity index (χ0n) is 12.5. The highest BCUT2D eigenvalue weighted by atomic mass is 79.9. The van der Waals surface area contributed by atoms with Gasteiger partial charge in [-0.1, -0.05) is 33.8 Å². The minimum Gasteiger partial charge on any atom is -0.325 e. The molecule has 1 aliphatic rings. The van der Waals surface area contributed by atoms with Crippen molar-refractivity contribution in [3.8, 4) is 0 Å². The van der Waals surface area contributed by atoms with E-state index in [1.54, 1.807) is 0 Å². The smallest absolute Gasteiger partial charge is 0.234 e. The minimum absolute atomic E-state index is 0.0570. The second kappa shape index (κ2) is 7.31. The summed E-state index contributed by atoms with van der Waals surface area (Å²) in [5, 5.41) is 12.2. The van der Waals surface area contributed by atoms with Gasteiger partial charge in [0.25, 0.3) is 0 Å². The Balaban J connectivity index is 1.60. The molecule has 0 unspecified atom stereocenters. The van der Waals surface area contributed by atoms with Crippen LogP contribution in [-0.4, -0.2) is 26.4 Å². The number of rotatable bonds is 7. The molecule has 5 nitrogen and oxygen atoms in total. The number of carbonyl (C=O) groups is 1. The van der Waals surface area contributed by atoms with E-state index in [0.717, 1.165) is 21.1 Å². The number of halogens is 1. The van der Waals surface area contributed by atoms with Crippen LogP contribution in [0.2, 0.25) is 0 Å². The van der Waals surface area contributed by atoms with E-state index in [1.807, 2.05) is 30.3 Å². The van der Waals surface area contributed by atoms with Crippen LogP contribution >= 0.6 is 27.7 Å². The lowest BCUT2D eigenvalue weighted by Gasteiger charge is -2.07. The zero-order valence-corrected chi connectivity index (χ0v) is 14.9. The van der Waals surface area contributed by atoms with Crippen molar-refractivity contribution in [3.05, 3.63) is 47.2 Å². The molecule has 23 heavy (non-hydrogen) atoms. The summed E-state index contributed by atoms with van der Waals surface area (Å²) in [7, 11) is 0. The van der Waals surface area contributed by atoms with Gasteiger partial charge in [-0.3, -0.25) is 4.79 Å². The minimum atomic E-state index is -0.0570. The van der Waals surface area contributed by atoms with Gasteiger partial charge in [-0.15, -0.1) is 16.8 Å². The van der Waals surface area contributed by atoms with Gasteiger partial charge in [-0.25, -0.2) is 0 Å². The van der Waals surface area contributed by atoms with Gasteiger partial charge in [-0.05, 0) is 37.1 Å². The third kappa shape index (κ3) is 4.23. The molecule has 0 aliphatic heterocycles. The van der Waals surface area contributed by atoms with Crippen LogP contribution in [-0.2, 0) is 11.3 Å². The molecule has 1 aromatic heterocycles. The van der Waals surface area contributed by atoms with Crippen LogP contribution < -0.4 is 5.32 Å².